The molecule has 0 spiro atoms. The summed E-state index contributed by atoms with van der Waals surface area (Å²) in [7, 11) is 1.54. The number of nitrogens with one attached hydrogen (secondary N) is 2. The van der Waals surface area contributed by atoms with Gasteiger partial charge in [0.25, 0.3) is 11.8 Å². The molecule has 36 heavy (non-hydrogen) atoms. The lowest BCUT2D eigenvalue weighted by molar-refractivity contribution is -0.123. The lowest BCUT2D eigenvalue weighted by Gasteiger charge is -2.20. The van der Waals surface area contributed by atoms with Crippen molar-refractivity contribution >= 4 is 18.0 Å². The molecule has 0 bridgehead atoms. The minimum atomic E-state index is -0.902. The van der Waals surface area contributed by atoms with E-state index in [4.69, 9.17) is 9.47 Å². The van der Waals surface area contributed by atoms with Gasteiger partial charge in [-0.3, -0.25) is 9.59 Å². The Bertz CT molecular complexity index is 1230. The Morgan fingerprint density at radius 2 is 1.75 bits per heavy atom. The molecule has 0 saturated heterocycles. The molecule has 8 heteroatoms. The number of amides is 2. The Morgan fingerprint density at radius 3 is 2.42 bits per heavy atom. The Morgan fingerprint density at radius 1 is 1.03 bits per heavy atom. The normalized spacial score (nSPS) is 11.8. The fourth-order valence-electron chi connectivity index (χ4n) is 3.37. The van der Waals surface area contributed by atoms with Crippen LogP contribution in [-0.2, 0) is 11.4 Å². The number of methoxy groups -OCH3 is 1. The second-order valence-electron chi connectivity index (χ2n) is 8.59. The van der Waals surface area contributed by atoms with E-state index in [-0.39, 0.29) is 11.5 Å². The molecule has 1 atom stereocenters. The van der Waals surface area contributed by atoms with E-state index in [1.165, 1.54) is 30.0 Å². The zero-order chi connectivity index (χ0) is 26.1. The molecule has 0 aliphatic carbocycles. The molecule has 188 valence electrons. The van der Waals surface area contributed by atoms with Crippen LogP contribution in [0.4, 0.5) is 4.39 Å². The summed E-state index contributed by atoms with van der Waals surface area (Å²) in [6, 6.07) is 18.1. The smallest absolute Gasteiger partial charge is 0.262 e. The fourth-order valence-corrected chi connectivity index (χ4v) is 3.37. The van der Waals surface area contributed by atoms with Crippen molar-refractivity contribution in [2.75, 3.05) is 7.11 Å². The van der Waals surface area contributed by atoms with Crippen LogP contribution in [0, 0.1) is 18.7 Å². The van der Waals surface area contributed by atoms with Gasteiger partial charge in [0, 0.05) is 0 Å². The molecule has 7 nitrogen and oxygen atoms in total. The third-order valence-electron chi connectivity index (χ3n) is 5.45. The number of aryl methyl sites for hydroxylation is 1. The predicted octanol–water partition coefficient (Wildman–Crippen LogP) is 4.63. The Hall–Kier alpha value is -4.20. The summed E-state index contributed by atoms with van der Waals surface area (Å²) in [5.41, 5.74) is 5.20. The number of halogens is 1. The van der Waals surface area contributed by atoms with E-state index in [0.29, 0.717) is 23.7 Å². The van der Waals surface area contributed by atoms with Gasteiger partial charge >= 0.3 is 0 Å². The van der Waals surface area contributed by atoms with Crippen molar-refractivity contribution in [3.05, 3.63) is 94.8 Å². The maximum atomic E-state index is 13.9. The highest BCUT2D eigenvalue weighted by Gasteiger charge is 2.25. The van der Waals surface area contributed by atoms with Gasteiger partial charge in [-0.1, -0.05) is 55.8 Å². The monoisotopic (exact) mass is 491 g/mol. The number of nitrogens with zero attached hydrogens (tertiary/aromatic N) is 1. The molecular formula is C28H30FN3O4. The van der Waals surface area contributed by atoms with Gasteiger partial charge in [-0.15, -0.1) is 0 Å². The molecule has 2 N–H and O–H groups in total. The number of carbonyl (C=O) groups is 2. The summed E-state index contributed by atoms with van der Waals surface area (Å²) < 4.78 is 25.2. The molecule has 3 rings (SSSR count). The topological polar surface area (TPSA) is 89.0 Å². The zero-order valence-electron chi connectivity index (χ0n) is 20.7. The number of hydrogen-bond acceptors (Lipinski definition) is 5. The molecule has 3 aromatic rings. The maximum absolute atomic E-state index is 13.9. The third kappa shape index (κ3) is 7.15. The lowest BCUT2D eigenvalue weighted by atomic mass is 10.0. The molecule has 0 aliphatic rings. The first-order valence-electron chi connectivity index (χ1n) is 11.5. The second-order valence-corrected chi connectivity index (χ2v) is 8.59. The average molecular weight is 492 g/mol. The largest absolute Gasteiger partial charge is 0.493 e. The van der Waals surface area contributed by atoms with Crippen LogP contribution in [0.25, 0.3) is 0 Å². The second kappa shape index (κ2) is 12.5. The number of rotatable bonds is 10. The van der Waals surface area contributed by atoms with Gasteiger partial charge in [-0.25, -0.2) is 9.82 Å². The van der Waals surface area contributed by atoms with Crippen LogP contribution in [0.15, 0.2) is 71.8 Å². The van der Waals surface area contributed by atoms with Crippen LogP contribution in [0.1, 0.15) is 40.9 Å². The number of carbonyl (C=O) groups excluding carboxylic acids is 2. The van der Waals surface area contributed by atoms with Crippen molar-refractivity contribution in [3.63, 3.8) is 0 Å². The first kappa shape index (κ1) is 26.4. The Labute approximate surface area is 210 Å². The Balaban J connectivity index is 1.61. The van der Waals surface area contributed by atoms with Gasteiger partial charge in [-0.2, -0.15) is 5.10 Å². The quantitative estimate of drug-likeness (QED) is 0.320. The summed E-state index contributed by atoms with van der Waals surface area (Å²) in [5, 5.41) is 6.58. The molecule has 1 unspecified atom stereocenters. The highest BCUT2D eigenvalue weighted by molar-refractivity contribution is 5.98. The summed E-state index contributed by atoms with van der Waals surface area (Å²) >= 11 is 0. The minimum Gasteiger partial charge on any atom is -0.493 e. The molecular weight excluding hydrogens is 461 g/mol. The van der Waals surface area contributed by atoms with Crippen molar-refractivity contribution in [2.24, 2.45) is 11.0 Å². The maximum Gasteiger partial charge on any atom is 0.262 e. The molecule has 3 aromatic carbocycles. The van der Waals surface area contributed by atoms with Crippen molar-refractivity contribution in [1.82, 2.24) is 10.7 Å². The molecule has 0 fully saturated rings. The molecule has 0 heterocycles. The molecule has 0 saturated carbocycles. The number of ether oxygens (including phenoxy) is 2. The Kier molecular flexibility index (Phi) is 9.16. The highest BCUT2D eigenvalue weighted by atomic mass is 19.1. The number of hydrogen-bond donors (Lipinski definition) is 2. The third-order valence-corrected chi connectivity index (χ3v) is 5.45. The van der Waals surface area contributed by atoms with Crippen LogP contribution in [-0.4, -0.2) is 31.2 Å². The first-order valence-corrected chi connectivity index (χ1v) is 11.5. The van der Waals surface area contributed by atoms with Gasteiger partial charge in [0.05, 0.1) is 18.9 Å². The molecule has 0 aromatic heterocycles. The summed E-state index contributed by atoms with van der Waals surface area (Å²) in [4.78, 5) is 25.1. The van der Waals surface area contributed by atoms with Gasteiger partial charge in [0.15, 0.2) is 11.5 Å². The van der Waals surface area contributed by atoms with E-state index in [1.807, 2.05) is 31.2 Å². The van der Waals surface area contributed by atoms with Crippen LogP contribution in [0.5, 0.6) is 11.5 Å². The van der Waals surface area contributed by atoms with E-state index in [0.717, 1.165) is 5.56 Å². The van der Waals surface area contributed by atoms with Crippen LogP contribution in [0.3, 0.4) is 0 Å². The van der Waals surface area contributed by atoms with Gasteiger partial charge in [0.1, 0.15) is 18.5 Å². The summed E-state index contributed by atoms with van der Waals surface area (Å²) in [6.07, 6.45) is 1.46. The van der Waals surface area contributed by atoms with Crippen molar-refractivity contribution in [2.45, 2.75) is 33.4 Å². The average Bonchev–Trinajstić information content (AvgIpc) is 2.87. The van der Waals surface area contributed by atoms with E-state index in [9.17, 15) is 14.0 Å². The molecule has 2 amide bonds. The van der Waals surface area contributed by atoms with Gasteiger partial charge < -0.3 is 14.8 Å². The minimum absolute atomic E-state index is 0.128. The summed E-state index contributed by atoms with van der Waals surface area (Å²) in [5.74, 6) is -0.991. The van der Waals surface area contributed by atoms with Crippen molar-refractivity contribution < 1.29 is 23.5 Å². The zero-order valence-corrected chi connectivity index (χ0v) is 20.7. The molecule has 0 radical (unpaired) electrons. The van der Waals surface area contributed by atoms with Gasteiger partial charge in [-0.05, 0) is 54.3 Å². The predicted molar refractivity (Wildman–Crippen MR) is 137 cm³/mol. The van der Waals surface area contributed by atoms with Gasteiger partial charge in [0.2, 0.25) is 0 Å². The van der Waals surface area contributed by atoms with E-state index in [1.54, 1.807) is 45.2 Å². The molecule has 0 aliphatic heterocycles. The van der Waals surface area contributed by atoms with Crippen LogP contribution in [0.2, 0.25) is 0 Å². The van der Waals surface area contributed by atoms with E-state index in [2.05, 4.69) is 15.8 Å². The number of benzene rings is 3. The van der Waals surface area contributed by atoms with Crippen LogP contribution < -0.4 is 20.2 Å². The van der Waals surface area contributed by atoms with E-state index >= 15 is 0 Å². The van der Waals surface area contributed by atoms with Crippen molar-refractivity contribution in [3.8, 4) is 11.5 Å². The van der Waals surface area contributed by atoms with E-state index < -0.39 is 23.7 Å². The highest BCUT2D eigenvalue weighted by Crippen LogP contribution is 2.28. The SMILES string of the molecule is COc1cc(C=NNC(=O)C(NC(=O)c2ccccc2F)C(C)C)ccc1OCc1ccc(C)cc1. The standard InChI is InChI=1S/C28H30FN3O4/c1-18(2)26(31-27(33)22-7-5-6-8-23(22)29)28(34)32-30-16-21-13-14-24(25(15-21)35-4)36-17-20-11-9-19(3)10-12-20/h5-16,18,26H,17H2,1-4H3,(H,31,33)(H,32,34). The van der Waals surface area contributed by atoms with Crippen LogP contribution >= 0.6 is 0 Å². The summed E-state index contributed by atoms with van der Waals surface area (Å²) in [6.45, 7) is 5.97. The lowest BCUT2D eigenvalue weighted by Crippen LogP contribution is -2.48. The number of hydrazone groups is 1. The first-order chi connectivity index (χ1) is 17.3. The fraction of sp³-hybridized carbons (Fsp3) is 0.250. The van der Waals surface area contributed by atoms with Crippen molar-refractivity contribution in [1.29, 1.82) is 0 Å².